The van der Waals surface area contributed by atoms with E-state index in [1.54, 1.807) is 13.0 Å². The fourth-order valence-corrected chi connectivity index (χ4v) is 2.25. The average molecular weight is 375 g/mol. The van der Waals surface area contributed by atoms with Gasteiger partial charge in [-0.25, -0.2) is 0 Å². The second kappa shape index (κ2) is 10.2. The fraction of sp³-hybridized carbons (Fsp3) is 0.438. The number of benzene rings is 1. The number of carbonyl (C=O) groups is 3. The van der Waals surface area contributed by atoms with E-state index in [1.807, 2.05) is 0 Å². The van der Waals surface area contributed by atoms with Crippen LogP contribution in [0, 0.1) is 0 Å². The predicted octanol–water partition coefficient (Wildman–Crippen LogP) is 2.52. The van der Waals surface area contributed by atoms with Gasteiger partial charge < -0.3 is 15.0 Å². The summed E-state index contributed by atoms with van der Waals surface area (Å²) in [7, 11) is 0. The van der Waals surface area contributed by atoms with E-state index >= 15 is 0 Å². The maximum absolute atomic E-state index is 12.6. The number of carbonyl (C=O) groups excluding carboxylic acids is 3. The minimum atomic E-state index is -0.385. The Hall–Kier alpha value is -1.79. The van der Waals surface area contributed by atoms with Crippen molar-refractivity contribution in [2.75, 3.05) is 26.2 Å². The Labute approximate surface area is 151 Å². The van der Waals surface area contributed by atoms with Crippen molar-refractivity contribution in [1.29, 1.82) is 0 Å². The Morgan fingerprint density at radius 3 is 2.46 bits per heavy atom. The molecule has 132 valence electrons. The number of hydrogen-bond acceptors (Lipinski definition) is 4. The summed E-state index contributed by atoms with van der Waals surface area (Å²) in [6, 6.07) is 4.57. The molecule has 0 radical (unpaired) electrons. The van der Waals surface area contributed by atoms with Crippen LogP contribution < -0.4 is 5.32 Å². The van der Waals surface area contributed by atoms with Gasteiger partial charge in [-0.15, -0.1) is 0 Å². The van der Waals surface area contributed by atoms with Crippen molar-refractivity contribution in [1.82, 2.24) is 10.2 Å². The van der Waals surface area contributed by atoms with Crippen LogP contribution in [0.15, 0.2) is 18.2 Å². The molecule has 8 heteroatoms. The van der Waals surface area contributed by atoms with Gasteiger partial charge in [-0.1, -0.05) is 23.2 Å². The number of halogens is 2. The summed E-state index contributed by atoms with van der Waals surface area (Å²) in [5, 5.41) is 3.24. The zero-order chi connectivity index (χ0) is 18.1. The first-order valence-electron chi connectivity index (χ1n) is 7.49. The van der Waals surface area contributed by atoms with E-state index < -0.39 is 0 Å². The highest BCUT2D eigenvalue weighted by atomic mass is 35.5. The second-order valence-electron chi connectivity index (χ2n) is 4.96. The van der Waals surface area contributed by atoms with Crippen molar-refractivity contribution in [3.8, 4) is 0 Å². The molecule has 0 aromatic heterocycles. The number of esters is 1. The topological polar surface area (TPSA) is 75.7 Å². The van der Waals surface area contributed by atoms with E-state index in [-0.39, 0.29) is 55.5 Å². The summed E-state index contributed by atoms with van der Waals surface area (Å²) in [5.41, 5.74) is 0.357. The molecule has 0 aliphatic heterocycles. The van der Waals surface area contributed by atoms with Gasteiger partial charge in [0.1, 0.15) is 0 Å². The first-order valence-corrected chi connectivity index (χ1v) is 8.25. The van der Waals surface area contributed by atoms with Crippen LogP contribution in [0.5, 0.6) is 0 Å². The predicted molar refractivity (Wildman–Crippen MR) is 92.3 cm³/mol. The van der Waals surface area contributed by atoms with Gasteiger partial charge in [-0.3, -0.25) is 14.4 Å². The van der Waals surface area contributed by atoms with E-state index in [4.69, 9.17) is 27.9 Å². The van der Waals surface area contributed by atoms with Crippen LogP contribution in [0.2, 0.25) is 10.0 Å². The molecule has 0 spiro atoms. The summed E-state index contributed by atoms with van der Waals surface area (Å²) in [5.74, 6) is -0.880. The summed E-state index contributed by atoms with van der Waals surface area (Å²) in [6.45, 7) is 4.11. The van der Waals surface area contributed by atoms with Gasteiger partial charge in [0.15, 0.2) is 0 Å². The van der Waals surface area contributed by atoms with Crippen molar-refractivity contribution in [2.24, 2.45) is 0 Å². The Morgan fingerprint density at radius 2 is 1.88 bits per heavy atom. The lowest BCUT2D eigenvalue weighted by atomic mass is 10.2. The zero-order valence-electron chi connectivity index (χ0n) is 13.6. The maximum atomic E-state index is 12.6. The maximum Gasteiger partial charge on any atom is 0.307 e. The first-order chi connectivity index (χ1) is 11.3. The summed E-state index contributed by atoms with van der Waals surface area (Å²) < 4.78 is 4.87. The highest BCUT2D eigenvalue weighted by molar-refractivity contribution is 6.42. The number of nitrogens with zero attached hydrogens (tertiary/aromatic N) is 1. The molecule has 1 aromatic rings. The van der Waals surface area contributed by atoms with Crippen LogP contribution in [0.25, 0.3) is 0 Å². The van der Waals surface area contributed by atoms with Crippen LogP contribution in [0.1, 0.15) is 30.6 Å². The number of hydrogen-bond donors (Lipinski definition) is 1. The van der Waals surface area contributed by atoms with Crippen molar-refractivity contribution >= 4 is 41.0 Å². The van der Waals surface area contributed by atoms with Gasteiger partial charge in [0.2, 0.25) is 5.91 Å². The fourth-order valence-electron chi connectivity index (χ4n) is 1.95. The Balaban J connectivity index is 2.80. The molecular formula is C16H20Cl2N2O4. The van der Waals surface area contributed by atoms with Gasteiger partial charge in [0.05, 0.1) is 23.1 Å². The molecule has 1 rings (SSSR count). The van der Waals surface area contributed by atoms with Crippen LogP contribution in [-0.2, 0) is 14.3 Å². The smallest absolute Gasteiger partial charge is 0.307 e. The number of amides is 2. The van der Waals surface area contributed by atoms with Gasteiger partial charge in [0.25, 0.3) is 5.91 Å². The molecule has 0 aliphatic rings. The molecule has 0 fully saturated rings. The number of ether oxygens (including phenoxy) is 1. The van der Waals surface area contributed by atoms with E-state index in [0.29, 0.717) is 10.6 Å². The molecule has 0 atom stereocenters. The molecule has 0 unspecified atom stereocenters. The Morgan fingerprint density at radius 1 is 1.17 bits per heavy atom. The standard InChI is InChI=1S/C16H20Cl2N2O4/c1-3-24-15(22)6-8-20(9-7-19-11(2)21)16(23)12-4-5-13(17)14(18)10-12/h4-5,10H,3,6-9H2,1-2H3,(H,19,21). The van der Waals surface area contributed by atoms with E-state index in [1.165, 1.54) is 24.0 Å². The van der Waals surface area contributed by atoms with Crippen LogP contribution in [-0.4, -0.2) is 48.9 Å². The molecule has 1 N–H and O–H groups in total. The van der Waals surface area contributed by atoms with Crippen molar-refractivity contribution < 1.29 is 19.1 Å². The van der Waals surface area contributed by atoms with Gasteiger partial charge in [0, 0.05) is 32.1 Å². The highest BCUT2D eigenvalue weighted by Crippen LogP contribution is 2.23. The van der Waals surface area contributed by atoms with Crippen LogP contribution in [0.3, 0.4) is 0 Å². The second-order valence-corrected chi connectivity index (χ2v) is 5.77. The largest absolute Gasteiger partial charge is 0.466 e. The molecule has 6 nitrogen and oxygen atoms in total. The Bertz CT molecular complexity index is 608. The quantitative estimate of drug-likeness (QED) is 0.709. The van der Waals surface area contributed by atoms with Crippen molar-refractivity contribution in [3.05, 3.63) is 33.8 Å². The SMILES string of the molecule is CCOC(=O)CCN(CCNC(C)=O)C(=O)c1ccc(Cl)c(Cl)c1. The first kappa shape index (κ1) is 20.3. The molecule has 0 aliphatic carbocycles. The highest BCUT2D eigenvalue weighted by Gasteiger charge is 2.18. The molecule has 1 aromatic carbocycles. The summed E-state index contributed by atoms with van der Waals surface area (Å²) >= 11 is 11.8. The molecule has 0 heterocycles. The molecular weight excluding hydrogens is 355 g/mol. The number of nitrogens with one attached hydrogen (secondary N) is 1. The average Bonchev–Trinajstić information content (AvgIpc) is 2.52. The van der Waals surface area contributed by atoms with Crippen molar-refractivity contribution in [3.63, 3.8) is 0 Å². The summed E-state index contributed by atoms with van der Waals surface area (Å²) in [6.07, 6.45) is 0.0704. The Kier molecular flexibility index (Phi) is 8.57. The van der Waals surface area contributed by atoms with Crippen LogP contribution >= 0.6 is 23.2 Å². The van der Waals surface area contributed by atoms with E-state index in [2.05, 4.69) is 5.32 Å². The lowest BCUT2D eigenvalue weighted by Crippen LogP contribution is -2.39. The van der Waals surface area contributed by atoms with Gasteiger partial charge in [-0.05, 0) is 25.1 Å². The van der Waals surface area contributed by atoms with Crippen molar-refractivity contribution in [2.45, 2.75) is 20.3 Å². The summed E-state index contributed by atoms with van der Waals surface area (Å²) in [4.78, 5) is 36.6. The molecule has 24 heavy (non-hydrogen) atoms. The monoisotopic (exact) mass is 374 g/mol. The van der Waals surface area contributed by atoms with E-state index in [9.17, 15) is 14.4 Å². The number of rotatable bonds is 8. The third-order valence-electron chi connectivity index (χ3n) is 3.10. The molecule has 0 saturated carbocycles. The van der Waals surface area contributed by atoms with Gasteiger partial charge >= 0.3 is 5.97 Å². The zero-order valence-corrected chi connectivity index (χ0v) is 15.1. The van der Waals surface area contributed by atoms with Crippen LogP contribution in [0.4, 0.5) is 0 Å². The minimum absolute atomic E-state index is 0.0704. The molecule has 0 bridgehead atoms. The van der Waals surface area contributed by atoms with E-state index in [0.717, 1.165) is 0 Å². The third kappa shape index (κ3) is 6.76. The molecule has 2 amide bonds. The third-order valence-corrected chi connectivity index (χ3v) is 3.84. The normalized spacial score (nSPS) is 10.2. The lowest BCUT2D eigenvalue weighted by molar-refractivity contribution is -0.143. The van der Waals surface area contributed by atoms with Gasteiger partial charge in [-0.2, -0.15) is 0 Å². The lowest BCUT2D eigenvalue weighted by Gasteiger charge is -2.22. The molecule has 0 saturated heterocycles. The minimum Gasteiger partial charge on any atom is -0.466 e.